The van der Waals surface area contributed by atoms with Gasteiger partial charge in [0.2, 0.25) is 5.89 Å². The minimum atomic E-state index is 0.623. The first kappa shape index (κ1) is 10.9. The van der Waals surface area contributed by atoms with Crippen LogP contribution in [0.25, 0.3) is 33.8 Å². The Morgan fingerprint density at radius 1 is 0.900 bits per heavy atom. The van der Waals surface area contributed by atoms with Gasteiger partial charge in [-0.15, -0.1) is 0 Å². The summed E-state index contributed by atoms with van der Waals surface area (Å²) in [6.45, 7) is 0. The van der Waals surface area contributed by atoms with E-state index >= 15 is 0 Å². The van der Waals surface area contributed by atoms with Crippen LogP contribution in [0.15, 0.2) is 59.1 Å². The number of oxazole rings is 1. The topological polar surface area (TPSA) is 67.6 Å². The smallest absolute Gasteiger partial charge is 0.227 e. The maximum Gasteiger partial charge on any atom is 0.227 e. The highest BCUT2D eigenvalue weighted by Gasteiger charge is 2.08. The highest BCUT2D eigenvalue weighted by molar-refractivity contribution is 5.76. The summed E-state index contributed by atoms with van der Waals surface area (Å²) in [4.78, 5) is 4.47. The van der Waals surface area contributed by atoms with Gasteiger partial charge in [0, 0.05) is 11.1 Å². The van der Waals surface area contributed by atoms with E-state index in [1.165, 1.54) is 0 Å². The van der Waals surface area contributed by atoms with E-state index in [2.05, 4.69) is 20.4 Å². The minimum Gasteiger partial charge on any atom is -0.436 e. The van der Waals surface area contributed by atoms with Gasteiger partial charge in [0.05, 0.1) is 6.20 Å². The average Bonchev–Trinajstić information content (AvgIpc) is 3.17. The summed E-state index contributed by atoms with van der Waals surface area (Å²) in [7, 11) is 0. The van der Waals surface area contributed by atoms with Crippen molar-refractivity contribution in [1.82, 2.24) is 20.4 Å². The van der Waals surface area contributed by atoms with E-state index in [1.807, 2.05) is 48.5 Å². The molecule has 0 atom stereocenters. The molecule has 0 saturated heterocycles. The number of aromatic amines is 1. The molecule has 0 saturated carbocycles. The molecular weight excluding hydrogens is 252 g/mol. The van der Waals surface area contributed by atoms with Crippen LogP contribution in [0.3, 0.4) is 0 Å². The van der Waals surface area contributed by atoms with Crippen molar-refractivity contribution in [2.24, 2.45) is 0 Å². The van der Waals surface area contributed by atoms with Crippen molar-refractivity contribution in [3.63, 3.8) is 0 Å². The van der Waals surface area contributed by atoms with Gasteiger partial charge in [0.1, 0.15) is 11.2 Å². The van der Waals surface area contributed by atoms with Gasteiger partial charge in [0.25, 0.3) is 0 Å². The van der Waals surface area contributed by atoms with Crippen LogP contribution in [-0.4, -0.2) is 20.4 Å². The minimum absolute atomic E-state index is 0.623. The second-order valence-electron chi connectivity index (χ2n) is 4.42. The summed E-state index contributed by atoms with van der Waals surface area (Å²) < 4.78 is 5.74. The number of aromatic nitrogens is 4. The van der Waals surface area contributed by atoms with Gasteiger partial charge < -0.3 is 4.42 Å². The fourth-order valence-corrected chi connectivity index (χ4v) is 2.12. The molecule has 0 unspecified atom stereocenters. The van der Waals surface area contributed by atoms with E-state index in [9.17, 15) is 0 Å². The SMILES string of the molecule is c1ccc2oc(-c3ccc(-c4cn[nH]n4)cc3)nc2c1. The van der Waals surface area contributed by atoms with Gasteiger partial charge >= 0.3 is 0 Å². The molecular formula is C15H10N4O. The fraction of sp³-hybridized carbons (Fsp3) is 0. The van der Waals surface area contributed by atoms with Crippen LogP contribution >= 0.6 is 0 Å². The molecule has 0 aliphatic carbocycles. The van der Waals surface area contributed by atoms with Crippen LogP contribution < -0.4 is 0 Å². The van der Waals surface area contributed by atoms with Gasteiger partial charge in [-0.05, 0) is 24.3 Å². The Hall–Kier alpha value is -2.95. The predicted octanol–water partition coefficient (Wildman–Crippen LogP) is 3.28. The van der Waals surface area contributed by atoms with Crippen molar-refractivity contribution in [1.29, 1.82) is 0 Å². The molecule has 5 heteroatoms. The van der Waals surface area contributed by atoms with Crippen molar-refractivity contribution in [3.05, 3.63) is 54.7 Å². The molecule has 2 heterocycles. The van der Waals surface area contributed by atoms with Gasteiger partial charge in [-0.2, -0.15) is 15.4 Å². The van der Waals surface area contributed by atoms with E-state index in [0.717, 1.165) is 27.9 Å². The number of nitrogens with zero attached hydrogens (tertiary/aromatic N) is 3. The third-order valence-electron chi connectivity index (χ3n) is 3.14. The fourth-order valence-electron chi connectivity index (χ4n) is 2.12. The van der Waals surface area contributed by atoms with Crippen molar-refractivity contribution in [3.8, 4) is 22.7 Å². The molecule has 0 spiro atoms. The number of fused-ring (bicyclic) bond motifs is 1. The molecule has 5 nitrogen and oxygen atoms in total. The molecule has 0 bridgehead atoms. The molecule has 0 amide bonds. The lowest BCUT2D eigenvalue weighted by Gasteiger charge is -1.97. The summed E-state index contributed by atoms with van der Waals surface area (Å²) in [5, 5.41) is 10.5. The van der Waals surface area contributed by atoms with Crippen LogP contribution in [0, 0.1) is 0 Å². The Morgan fingerprint density at radius 3 is 2.45 bits per heavy atom. The lowest BCUT2D eigenvalue weighted by molar-refractivity contribution is 0.620. The second kappa shape index (κ2) is 4.31. The van der Waals surface area contributed by atoms with E-state index in [1.54, 1.807) is 6.20 Å². The first-order valence-electron chi connectivity index (χ1n) is 6.22. The second-order valence-corrected chi connectivity index (χ2v) is 4.42. The maximum atomic E-state index is 5.74. The number of nitrogens with one attached hydrogen (secondary N) is 1. The van der Waals surface area contributed by atoms with E-state index in [4.69, 9.17) is 4.42 Å². The maximum absolute atomic E-state index is 5.74. The Bertz CT molecular complexity index is 814. The third-order valence-corrected chi connectivity index (χ3v) is 3.14. The van der Waals surface area contributed by atoms with Crippen LogP contribution in [0.2, 0.25) is 0 Å². The van der Waals surface area contributed by atoms with Crippen molar-refractivity contribution in [2.45, 2.75) is 0 Å². The Kier molecular flexibility index (Phi) is 2.35. The van der Waals surface area contributed by atoms with E-state index < -0.39 is 0 Å². The van der Waals surface area contributed by atoms with Crippen LogP contribution in [0.5, 0.6) is 0 Å². The summed E-state index contributed by atoms with van der Waals surface area (Å²) >= 11 is 0. The Labute approximate surface area is 114 Å². The monoisotopic (exact) mass is 262 g/mol. The molecule has 0 radical (unpaired) electrons. The number of para-hydroxylation sites is 2. The highest BCUT2D eigenvalue weighted by atomic mass is 16.3. The summed E-state index contributed by atoms with van der Waals surface area (Å²) in [5.41, 5.74) is 4.41. The molecule has 2 aromatic heterocycles. The molecule has 20 heavy (non-hydrogen) atoms. The zero-order chi connectivity index (χ0) is 13.4. The van der Waals surface area contributed by atoms with Crippen molar-refractivity contribution >= 4 is 11.1 Å². The van der Waals surface area contributed by atoms with E-state index in [-0.39, 0.29) is 0 Å². The number of H-pyrrole nitrogens is 1. The summed E-state index contributed by atoms with van der Waals surface area (Å²) in [6, 6.07) is 15.6. The number of benzene rings is 2. The predicted molar refractivity (Wildman–Crippen MR) is 74.8 cm³/mol. The van der Waals surface area contributed by atoms with Crippen molar-refractivity contribution in [2.75, 3.05) is 0 Å². The summed E-state index contributed by atoms with van der Waals surface area (Å²) in [5.74, 6) is 0.623. The number of hydrogen-bond acceptors (Lipinski definition) is 4. The number of rotatable bonds is 2. The Balaban J connectivity index is 1.75. The first-order valence-corrected chi connectivity index (χ1v) is 6.22. The summed E-state index contributed by atoms with van der Waals surface area (Å²) in [6.07, 6.45) is 1.69. The quantitative estimate of drug-likeness (QED) is 0.602. The highest BCUT2D eigenvalue weighted by Crippen LogP contribution is 2.26. The van der Waals surface area contributed by atoms with Crippen LogP contribution in [0.4, 0.5) is 0 Å². The normalized spacial score (nSPS) is 11.0. The van der Waals surface area contributed by atoms with E-state index in [0.29, 0.717) is 5.89 Å². The molecule has 0 fully saturated rings. The van der Waals surface area contributed by atoms with Gasteiger partial charge in [-0.3, -0.25) is 0 Å². The number of hydrogen-bond donors (Lipinski definition) is 1. The zero-order valence-electron chi connectivity index (χ0n) is 10.4. The van der Waals surface area contributed by atoms with Crippen LogP contribution in [-0.2, 0) is 0 Å². The molecule has 4 rings (SSSR count). The lowest BCUT2D eigenvalue weighted by atomic mass is 10.1. The lowest BCUT2D eigenvalue weighted by Crippen LogP contribution is -1.80. The third kappa shape index (κ3) is 1.76. The molecule has 0 aliphatic heterocycles. The largest absolute Gasteiger partial charge is 0.436 e. The van der Waals surface area contributed by atoms with Gasteiger partial charge in [0.15, 0.2) is 5.58 Å². The molecule has 4 aromatic rings. The molecule has 1 N–H and O–H groups in total. The Morgan fingerprint density at radius 2 is 1.70 bits per heavy atom. The molecule has 96 valence electrons. The molecule has 2 aromatic carbocycles. The molecule has 0 aliphatic rings. The van der Waals surface area contributed by atoms with Gasteiger partial charge in [-0.1, -0.05) is 24.3 Å². The zero-order valence-corrected chi connectivity index (χ0v) is 10.4. The van der Waals surface area contributed by atoms with Gasteiger partial charge in [-0.25, -0.2) is 4.98 Å². The standard InChI is InChI=1S/C15H10N4O/c1-2-4-14-12(3-1)17-15(20-14)11-7-5-10(6-8-11)13-9-16-19-18-13/h1-9H,(H,16,18,19). The van der Waals surface area contributed by atoms with Crippen LogP contribution in [0.1, 0.15) is 0 Å². The van der Waals surface area contributed by atoms with Crippen molar-refractivity contribution < 1.29 is 4.42 Å². The average molecular weight is 262 g/mol. The first-order chi connectivity index (χ1) is 9.90.